The summed E-state index contributed by atoms with van der Waals surface area (Å²) >= 11 is 0. The van der Waals surface area contributed by atoms with E-state index in [-0.39, 0.29) is 38.8 Å². The van der Waals surface area contributed by atoms with Crippen molar-refractivity contribution in [2.24, 2.45) is 0 Å². The molecule has 0 heterocycles. The predicted molar refractivity (Wildman–Crippen MR) is 166 cm³/mol. The van der Waals surface area contributed by atoms with E-state index in [4.69, 9.17) is 52.1 Å². The molecule has 0 aliphatic heterocycles. The van der Waals surface area contributed by atoms with E-state index >= 15 is 0 Å². The molecule has 0 unspecified atom stereocenters. The molecule has 51 heavy (non-hydrogen) atoms. The van der Waals surface area contributed by atoms with Crippen LogP contribution in [-0.2, 0) is 61.7 Å². The maximum absolute atomic E-state index is 13.5. The summed E-state index contributed by atoms with van der Waals surface area (Å²) in [5.74, 6) is -14.4. The molecule has 1 aromatic carbocycles. The largest absolute Gasteiger partial charge is 0.466 e. The second-order valence-electron chi connectivity index (χ2n) is 9.80. The van der Waals surface area contributed by atoms with E-state index in [0.29, 0.717) is 112 Å². The normalized spacial score (nSPS) is 11.3. The molecule has 0 bridgehead atoms. The maximum atomic E-state index is 13.5. The summed E-state index contributed by atoms with van der Waals surface area (Å²) in [5, 5.41) is 0. The van der Waals surface area contributed by atoms with Gasteiger partial charge in [0.05, 0.1) is 152 Å². The van der Waals surface area contributed by atoms with Gasteiger partial charge < -0.3 is 56.8 Å². The predicted octanol–water partition coefficient (Wildman–Crippen LogP) is 2.80. The number of carbonyl (C=O) groups is 2. The molecule has 19 heteroatoms. The van der Waals surface area contributed by atoms with Crippen LogP contribution in [0.25, 0.3) is 0 Å². The summed E-state index contributed by atoms with van der Waals surface area (Å²) in [6.07, 6.45) is -0.260. The molecule has 0 aromatic heterocycles. The Balaban J connectivity index is 1.74. The molecule has 0 saturated carbocycles. The van der Waals surface area contributed by atoms with Crippen LogP contribution in [0.5, 0.6) is 5.75 Å². The first-order valence-corrected chi connectivity index (χ1v) is 16.4. The molecule has 0 aliphatic carbocycles. The Morgan fingerprint density at radius 2 is 0.608 bits per heavy atom. The first-order valence-electron chi connectivity index (χ1n) is 16.4. The molecule has 0 spiro atoms. The number of carbonyl (C=O) groups excluding carboxylic acids is 2. The molecular formula is C32H49F5O14. The lowest BCUT2D eigenvalue weighted by Gasteiger charge is -2.09. The van der Waals surface area contributed by atoms with Crippen LogP contribution in [0.4, 0.5) is 22.0 Å². The van der Waals surface area contributed by atoms with Crippen molar-refractivity contribution in [3.8, 4) is 5.75 Å². The highest BCUT2D eigenvalue weighted by Gasteiger charge is 2.28. The van der Waals surface area contributed by atoms with Gasteiger partial charge in [0.1, 0.15) is 0 Å². The Morgan fingerprint density at radius 3 is 0.882 bits per heavy atom. The molecular weight excluding hydrogens is 703 g/mol. The smallest absolute Gasteiger partial charge is 0.313 e. The van der Waals surface area contributed by atoms with E-state index in [9.17, 15) is 31.5 Å². The topological polar surface area (TPSA) is 145 Å². The minimum Gasteiger partial charge on any atom is -0.466 e. The van der Waals surface area contributed by atoms with E-state index in [1.54, 1.807) is 6.92 Å². The third kappa shape index (κ3) is 24.3. The number of halogens is 5. The highest BCUT2D eigenvalue weighted by atomic mass is 19.2. The Hall–Kier alpha value is -2.59. The Kier molecular flexibility index (Phi) is 29.2. The quantitative estimate of drug-likeness (QED) is 0.0250. The Labute approximate surface area is 293 Å². The van der Waals surface area contributed by atoms with Crippen LogP contribution in [0.2, 0.25) is 0 Å². The van der Waals surface area contributed by atoms with Crippen molar-refractivity contribution in [2.45, 2.75) is 19.8 Å². The third-order valence-corrected chi connectivity index (χ3v) is 5.94. The average molecular weight is 753 g/mol. The Bertz CT molecular complexity index is 1030. The third-order valence-electron chi connectivity index (χ3n) is 5.94. The first-order chi connectivity index (χ1) is 24.8. The van der Waals surface area contributed by atoms with Crippen LogP contribution in [-0.4, -0.2) is 151 Å². The van der Waals surface area contributed by atoms with Crippen LogP contribution in [0.1, 0.15) is 19.8 Å². The summed E-state index contributed by atoms with van der Waals surface area (Å²) in [6.45, 7) is 8.83. The number of hydrogen-bond acceptors (Lipinski definition) is 14. The van der Waals surface area contributed by atoms with Crippen LogP contribution >= 0.6 is 0 Å². The van der Waals surface area contributed by atoms with Crippen molar-refractivity contribution < 1.29 is 88.4 Å². The minimum absolute atomic E-state index is 0.0758. The van der Waals surface area contributed by atoms with Crippen molar-refractivity contribution in [1.82, 2.24) is 0 Å². The van der Waals surface area contributed by atoms with Crippen LogP contribution < -0.4 is 4.74 Å². The first kappa shape index (κ1) is 46.4. The molecule has 1 aromatic rings. The standard InChI is InChI=1S/C32H49F5O14/c1-2-50-25(38)3-5-40-7-9-42-11-13-44-15-17-46-19-21-48-23-24-49-22-20-47-18-16-45-14-12-43-10-8-41-6-4-26(39)51-32-30(36)28(34)27(33)29(35)31(32)37/h2-24H2,1H3. The lowest BCUT2D eigenvalue weighted by Crippen LogP contribution is -2.16. The SMILES string of the molecule is CCOC(=O)CCOCCOCCOCCOCCOCCOCCOCCOCCOCCOCCC(=O)Oc1c(F)c(F)c(F)c(F)c1F. The fourth-order valence-corrected chi connectivity index (χ4v) is 3.46. The summed E-state index contributed by atoms with van der Waals surface area (Å²) in [7, 11) is 0. The second kappa shape index (κ2) is 32.1. The van der Waals surface area contributed by atoms with Crippen LogP contribution in [0.3, 0.4) is 0 Å². The van der Waals surface area contributed by atoms with Gasteiger partial charge in [-0.25, -0.2) is 13.2 Å². The molecule has 0 N–H and O–H groups in total. The lowest BCUT2D eigenvalue weighted by atomic mass is 10.2. The maximum Gasteiger partial charge on any atom is 0.313 e. The van der Waals surface area contributed by atoms with Crippen molar-refractivity contribution in [1.29, 1.82) is 0 Å². The summed E-state index contributed by atoms with van der Waals surface area (Å²) in [5.41, 5.74) is 0. The zero-order valence-corrected chi connectivity index (χ0v) is 28.9. The number of esters is 2. The van der Waals surface area contributed by atoms with Crippen LogP contribution in [0, 0.1) is 29.1 Å². The highest BCUT2D eigenvalue weighted by molar-refractivity contribution is 5.72. The molecule has 0 atom stereocenters. The molecule has 14 nitrogen and oxygen atoms in total. The summed E-state index contributed by atoms with van der Waals surface area (Å²) in [6, 6.07) is 0. The minimum atomic E-state index is -2.35. The van der Waals surface area contributed by atoms with Gasteiger partial charge in [-0.05, 0) is 6.92 Å². The van der Waals surface area contributed by atoms with E-state index in [1.165, 1.54) is 0 Å². The summed E-state index contributed by atoms with van der Waals surface area (Å²) in [4.78, 5) is 22.8. The highest BCUT2D eigenvalue weighted by Crippen LogP contribution is 2.29. The van der Waals surface area contributed by atoms with E-state index in [2.05, 4.69) is 4.74 Å². The number of benzene rings is 1. The van der Waals surface area contributed by atoms with E-state index in [0.717, 1.165) is 0 Å². The molecule has 0 amide bonds. The fraction of sp³-hybridized carbons (Fsp3) is 0.750. The van der Waals surface area contributed by atoms with Gasteiger partial charge >= 0.3 is 11.9 Å². The molecule has 296 valence electrons. The van der Waals surface area contributed by atoms with Gasteiger partial charge in [0.2, 0.25) is 34.8 Å². The molecule has 0 fully saturated rings. The van der Waals surface area contributed by atoms with Gasteiger partial charge in [0, 0.05) is 0 Å². The van der Waals surface area contributed by atoms with Crippen molar-refractivity contribution in [3.05, 3.63) is 29.1 Å². The van der Waals surface area contributed by atoms with E-state index in [1.807, 2.05) is 0 Å². The number of hydrogen-bond donors (Lipinski definition) is 0. The second-order valence-corrected chi connectivity index (χ2v) is 9.80. The van der Waals surface area contributed by atoms with Gasteiger partial charge in [-0.15, -0.1) is 0 Å². The summed E-state index contributed by atoms with van der Waals surface area (Å²) < 4.78 is 129. The van der Waals surface area contributed by atoms with Gasteiger partial charge in [-0.3, -0.25) is 9.59 Å². The van der Waals surface area contributed by atoms with Gasteiger partial charge in [-0.2, -0.15) is 8.78 Å². The van der Waals surface area contributed by atoms with Gasteiger partial charge in [-0.1, -0.05) is 0 Å². The monoisotopic (exact) mass is 752 g/mol. The zero-order valence-electron chi connectivity index (χ0n) is 28.9. The molecule has 0 radical (unpaired) electrons. The number of ether oxygens (including phenoxy) is 12. The lowest BCUT2D eigenvalue weighted by molar-refractivity contribution is -0.144. The molecule has 1 rings (SSSR count). The van der Waals surface area contributed by atoms with Gasteiger partial charge in [0.15, 0.2) is 0 Å². The molecule has 0 saturated heterocycles. The zero-order chi connectivity index (χ0) is 37.4. The van der Waals surface area contributed by atoms with Gasteiger partial charge in [0.25, 0.3) is 0 Å². The van der Waals surface area contributed by atoms with E-state index < -0.39 is 47.2 Å². The van der Waals surface area contributed by atoms with Crippen LogP contribution in [0.15, 0.2) is 0 Å². The number of rotatable bonds is 35. The average Bonchev–Trinajstić information content (AvgIpc) is 3.12. The van der Waals surface area contributed by atoms with Crippen molar-refractivity contribution in [3.63, 3.8) is 0 Å². The molecule has 0 aliphatic rings. The van der Waals surface area contributed by atoms with Crippen molar-refractivity contribution in [2.75, 3.05) is 139 Å². The Morgan fingerprint density at radius 1 is 0.373 bits per heavy atom. The van der Waals surface area contributed by atoms with Crippen molar-refractivity contribution >= 4 is 11.9 Å². The fourth-order valence-electron chi connectivity index (χ4n) is 3.46.